The second-order valence-corrected chi connectivity index (χ2v) is 9.31. The van der Waals surface area contributed by atoms with E-state index in [-0.39, 0.29) is 29.2 Å². The molecule has 3 aromatic carbocycles. The molecule has 0 aliphatic carbocycles. The number of hydrogen-bond donors (Lipinski definition) is 1. The van der Waals surface area contributed by atoms with Gasteiger partial charge in [-0.1, -0.05) is 23.7 Å². The third kappa shape index (κ3) is 5.13. The number of nitrogens with zero attached hydrogens (tertiary/aromatic N) is 2. The van der Waals surface area contributed by atoms with Crippen LogP contribution in [0.2, 0.25) is 5.02 Å². The normalized spacial score (nSPS) is 11.1. The van der Waals surface area contributed by atoms with Gasteiger partial charge in [0.05, 0.1) is 49.5 Å². The fourth-order valence-corrected chi connectivity index (χ4v) is 4.86. The highest BCUT2D eigenvalue weighted by atomic mass is 35.5. The number of aromatic nitrogens is 3. The molecule has 0 radical (unpaired) electrons. The van der Waals surface area contributed by atoms with Crippen LogP contribution in [0, 0.1) is 5.82 Å². The van der Waals surface area contributed by atoms with Crippen molar-refractivity contribution in [2.45, 2.75) is 13.0 Å². The molecular weight excluding hydrogens is 525 g/mol. The van der Waals surface area contributed by atoms with Gasteiger partial charge in [0.25, 0.3) is 11.1 Å². The summed E-state index contributed by atoms with van der Waals surface area (Å²) in [6.07, 6.45) is 0.259. The minimum atomic E-state index is -0.528. The Hall–Kier alpha value is -4.50. The van der Waals surface area contributed by atoms with Crippen molar-refractivity contribution in [3.05, 3.63) is 115 Å². The summed E-state index contributed by atoms with van der Waals surface area (Å²) in [6, 6.07) is 17.9. The summed E-state index contributed by atoms with van der Waals surface area (Å²) in [5.74, 6) is 1.27. The first-order valence-corrected chi connectivity index (χ1v) is 12.4. The molecule has 1 N–H and O–H groups in total. The summed E-state index contributed by atoms with van der Waals surface area (Å²) in [5, 5.41) is 3.34. The van der Waals surface area contributed by atoms with E-state index in [4.69, 9.17) is 25.8 Å². The van der Waals surface area contributed by atoms with Gasteiger partial charge in [-0.15, -0.1) is 0 Å². The molecular formula is C29H25ClFN3O5. The molecule has 0 spiro atoms. The molecule has 0 bridgehead atoms. The topological polar surface area (TPSA) is 87.5 Å². The Bertz CT molecular complexity index is 1790. The Labute approximate surface area is 227 Å². The maximum Gasteiger partial charge on any atom is 0.280 e. The van der Waals surface area contributed by atoms with Crippen molar-refractivity contribution < 1.29 is 18.6 Å². The van der Waals surface area contributed by atoms with Gasteiger partial charge in [0.1, 0.15) is 23.1 Å². The van der Waals surface area contributed by atoms with Crippen molar-refractivity contribution in [3.8, 4) is 22.9 Å². The molecule has 200 valence electrons. The molecule has 2 aromatic heterocycles. The van der Waals surface area contributed by atoms with Gasteiger partial charge in [-0.3, -0.25) is 14.7 Å². The maximum atomic E-state index is 13.8. The van der Waals surface area contributed by atoms with E-state index in [1.807, 2.05) is 36.4 Å². The van der Waals surface area contributed by atoms with Gasteiger partial charge >= 0.3 is 0 Å². The van der Waals surface area contributed by atoms with Crippen LogP contribution in [0.25, 0.3) is 16.6 Å². The second-order valence-electron chi connectivity index (χ2n) is 8.90. The minimum absolute atomic E-state index is 0.0525. The largest absolute Gasteiger partial charge is 0.497 e. The molecule has 39 heavy (non-hydrogen) atoms. The van der Waals surface area contributed by atoms with Crippen LogP contribution < -0.4 is 25.3 Å². The third-order valence-corrected chi connectivity index (χ3v) is 6.78. The number of rotatable bonds is 8. The van der Waals surface area contributed by atoms with Gasteiger partial charge in [-0.25, -0.2) is 9.07 Å². The number of pyridine rings is 1. The van der Waals surface area contributed by atoms with Crippen LogP contribution in [0.1, 0.15) is 16.8 Å². The first-order chi connectivity index (χ1) is 18.8. The third-order valence-electron chi connectivity index (χ3n) is 6.48. The summed E-state index contributed by atoms with van der Waals surface area (Å²) >= 11 is 6.27. The molecule has 0 amide bonds. The van der Waals surface area contributed by atoms with Crippen LogP contribution in [-0.2, 0) is 13.0 Å². The number of H-pyrrole nitrogens is 1. The lowest BCUT2D eigenvalue weighted by Crippen LogP contribution is -2.25. The van der Waals surface area contributed by atoms with Gasteiger partial charge in [0, 0.05) is 24.2 Å². The summed E-state index contributed by atoms with van der Waals surface area (Å²) < 4.78 is 32.7. The molecule has 0 saturated carbocycles. The molecule has 0 atom stereocenters. The predicted octanol–water partition coefficient (Wildman–Crippen LogP) is 4.94. The average Bonchev–Trinajstić information content (AvgIpc) is 3.25. The molecule has 0 fully saturated rings. The van der Waals surface area contributed by atoms with Crippen molar-refractivity contribution >= 4 is 22.5 Å². The Morgan fingerprint density at radius 2 is 1.54 bits per heavy atom. The van der Waals surface area contributed by atoms with Gasteiger partial charge in [-0.05, 0) is 53.6 Å². The van der Waals surface area contributed by atoms with Crippen molar-refractivity contribution in [3.63, 3.8) is 0 Å². The van der Waals surface area contributed by atoms with Crippen molar-refractivity contribution in [1.82, 2.24) is 14.3 Å². The molecule has 0 unspecified atom stereocenters. The quantitative estimate of drug-likeness (QED) is 0.296. The van der Waals surface area contributed by atoms with E-state index in [0.717, 1.165) is 17.2 Å². The molecule has 0 saturated heterocycles. The van der Waals surface area contributed by atoms with E-state index < -0.39 is 11.4 Å². The summed E-state index contributed by atoms with van der Waals surface area (Å²) in [7, 11) is 4.67. The zero-order valence-corrected chi connectivity index (χ0v) is 22.2. The zero-order chi connectivity index (χ0) is 27.7. The zero-order valence-electron chi connectivity index (χ0n) is 21.5. The van der Waals surface area contributed by atoms with Crippen LogP contribution in [0.15, 0.2) is 76.3 Å². The number of nitrogens with one attached hydrogen (secondary N) is 1. The van der Waals surface area contributed by atoms with E-state index in [0.29, 0.717) is 33.8 Å². The Morgan fingerprint density at radius 3 is 2.21 bits per heavy atom. The number of halogens is 2. The monoisotopic (exact) mass is 549 g/mol. The van der Waals surface area contributed by atoms with Crippen LogP contribution in [0.5, 0.6) is 17.2 Å². The van der Waals surface area contributed by atoms with E-state index in [2.05, 4.69) is 5.10 Å². The summed E-state index contributed by atoms with van der Waals surface area (Å²) in [5.41, 5.74) is 1.94. The van der Waals surface area contributed by atoms with Crippen molar-refractivity contribution in [2.75, 3.05) is 21.3 Å². The molecule has 8 nitrogen and oxygen atoms in total. The Balaban J connectivity index is 1.75. The summed E-state index contributed by atoms with van der Waals surface area (Å²) in [6.45, 7) is 0.156. The van der Waals surface area contributed by atoms with Crippen LogP contribution in [0.4, 0.5) is 4.39 Å². The van der Waals surface area contributed by atoms with Crippen LogP contribution >= 0.6 is 11.6 Å². The Morgan fingerprint density at radius 1 is 0.846 bits per heavy atom. The van der Waals surface area contributed by atoms with E-state index in [1.54, 1.807) is 32.0 Å². The summed E-state index contributed by atoms with van der Waals surface area (Å²) in [4.78, 5) is 27.3. The van der Waals surface area contributed by atoms with Gasteiger partial charge < -0.3 is 18.8 Å². The number of hydrogen-bond acceptors (Lipinski definition) is 5. The molecule has 0 aliphatic rings. The highest BCUT2D eigenvalue weighted by Gasteiger charge is 2.20. The SMILES string of the molecule is COc1cccc(Cc2c3c(=O)n(-c4ccc(F)cc4Cl)[nH]c3cc(=O)n2Cc2cc(OC)cc(OC)c2)c1. The van der Waals surface area contributed by atoms with Crippen molar-refractivity contribution in [2.24, 2.45) is 0 Å². The first-order valence-electron chi connectivity index (χ1n) is 12.0. The maximum absolute atomic E-state index is 13.8. The van der Waals surface area contributed by atoms with Crippen molar-refractivity contribution in [1.29, 1.82) is 0 Å². The molecule has 2 heterocycles. The van der Waals surface area contributed by atoms with E-state index in [1.165, 1.54) is 22.9 Å². The number of fused-ring (bicyclic) bond motifs is 1. The number of methoxy groups -OCH3 is 3. The molecule has 10 heteroatoms. The van der Waals surface area contributed by atoms with Crippen LogP contribution in [-0.4, -0.2) is 35.7 Å². The first kappa shape index (κ1) is 26.1. The highest BCUT2D eigenvalue weighted by Crippen LogP contribution is 2.26. The second kappa shape index (κ2) is 10.7. The van der Waals surface area contributed by atoms with E-state index in [9.17, 15) is 14.0 Å². The van der Waals surface area contributed by atoms with E-state index >= 15 is 0 Å². The molecule has 5 rings (SSSR count). The standard InChI is InChI=1S/C29H25ClFN3O5/c1-37-20-6-4-5-17(9-20)12-26-28-24(32-34(29(28)36)25-8-7-19(31)13-23(25)30)15-27(35)33(26)16-18-10-21(38-2)14-22(11-18)39-3/h4-11,13-15,32H,12,16H2,1-3H3. The fraction of sp³-hybridized carbons (Fsp3) is 0.172. The highest BCUT2D eigenvalue weighted by molar-refractivity contribution is 6.32. The van der Waals surface area contributed by atoms with Crippen LogP contribution in [0.3, 0.4) is 0 Å². The Kier molecular flexibility index (Phi) is 7.17. The smallest absolute Gasteiger partial charge is 0.280 e. The average molecular weight is 550 g/mol. The van der Waals surface area contributed by atoms with Gasteiger partial charge in [0.2, 0.25) is 0 Å². The fourth-order valence-electron chi connectivity index (χ4n) is 4.61. The lowest BCUT2D eigenvalue weighted by molar-refractivity contribution is 0.393. The predicted molar refractivity (Wildman–Crippen MR) is 148 cm³/mol. The van der Waals surface area contributed by atoms with Gasteiger partial charge in [0.15, 0.2) is 0 Å². The number of aromatic amines is 1. The molecule has 5 aromatic rings. The lowest BCUT2D eigenvalue weighted by Gasteiger charge is -2.16. The minimum Gasteiger partial charge on any atom is -0.497 e. The lowest BCUT2D eigenvalue weighted by atomic mass is 10.0. The molecule has 0 aliphatic heterocycles. The van der Waals surface area contributed by atoms with Gasteiger partial charge in [-0.2, -0.15) is 0 Å². The number of benzene rings is 3. The number of ether oxygens (including phenoxy) is 3.